The summed E-state index contributed by atoms with van der Waals surface area (Å²) in [6.07, 6.45) is 0.855. The zero-order chi connectivity index (χ0) is 11.5. The Morgan fingerprint density at radius 1 is 1.31 bits per heavy atom. The van der Waals surface area contributed by atoms with Gasteiger partial charge in [0.15, 0.2) is 0 Å². The summed E-state index contributed by atoms with van der Waals surface area (Å²) in [4.78, 5) is 4.56. The molecule has 0 saturated carbocycles. The number of fused-ring (bicyclic) bond motifs is 1. The van der Waals surface area contributed by atoms with E-state index < -0.39 is 0 Å². The van der Waals surface area contributed by atoms with Crippen LogP contribution in [0.2, 0.25) is 0 Å². The Bertz CT molecular complexity index is 550. The second-order valence-corrected chi connectivity index (χ2v) is 4.39. The van der Waals surface area contributed by atoms with Crippen molar-refractivity contribution in [2.45, 2.75) is 20.3 Å². The van der Waals surface area contributed by atoms with Gasteiger partial charge in [-0.05, 0) is 24.5 Å². The van der Waals surface area contributed by atoms with Crippen molar-refractivity contribution in [3.8, 4) is 6.07 Å². The number of nitrogens with zero attached hydrogens (tertiary/aromatic N) is 2. The lowest BCUT2D eigenvalue weighted by Crippen LogP contribution is -2.01. The molecule has 0 unspecified atom stereocenters. The molecule has 80 valence electrons. The standard InChI is InChI=1S/C14H14N2/c1-10(2)7-14-12(9-15)8-11-5-3-4-6-13(11)16-14/h3-6,8,10H,7H2,1-2H3. The lowest BCUT2D eigenvalue weighted by Gasteiger charge is -2.07. The molecule has 0 aliphatic heterocycles. The number of pyridine rings is 1. The van der Waals surface area contributed by atoms with Crippen LogP contribution >= 0.6 is 0 Å². The maximum atomic E-state index is 9.10. The van der Waals surface area contributed by atoms with E-state index in [0.717, 1.165) is 23.0 Å². The first kappa shape index (κ1) is 10.6. The average Bonchev–Trinajstić information content (AvgIpc) is 2.27. The number of hydrogen-bond donors (Lipinski definition) is 0. The van der Waals surface area contributed by atoms with Crippen LogP contribution in [0.1, 0.15) is 25.1 Å². The molecule has 0 amide bonds. The topological polar surface area (TPSA) is 36.7 Å². The third-order valence-corrected chi connectivity index (χ3v) is 2.52. The molecule has 0 fully saturated rings. The van der Waals surface area contributed by atoms with E-state index in [4.69, 9.17) is 5.26 Å². The van der Waals surface area contributed by atoms with Crippen molar-refractivity contribution in [1.29, 1.82) is 5.26 Å². The van der Waals surface area contributed by atoms with Crippen molar-refractivity contribution in [1.82, 2.24) is 4.98 Å². The smallest absolute Gasteiger partial charge is 0.101 e. The van der Waals surface area contributed by atoms with Crippen LogP contribution in [0.25, 0.3) is 10.9 Å². The van der Waals surface area contributed by atoms with Gasteiger partial charge in [0, 0.05) is 5.39 Å². The first-order chi connectivity index (χ1) is 7.70. The minimum atomic E-state index is 0.515. The molecule has 0 atom stereocenters. The summed E-state index contributed by atoms with van der Waals surface area (Å²) in [6, 6.07) is 12.1. The van der Waals surface area contributed by atoms with Crippen molar-refractivity contribution in [2.24, 2.45) is 5.92 Å². The van der Waals surface area contributed by atoms with Gasteiger partial charge >= 0.3 is 0 Å². The third kappa shape index (κ3) is 2.04. The predicted molar refractivity (Wildman–Crippen MR) is 65.0 cm³/mol. The number of hydrogen-bond acceptors (Lipinski definition) is 2. The van der Waals surface area contributed by atoms with Crippen molar-refractivity contribution >= 4 is 10.9 Å². The Labute approximate surface area is 95.6 Å². The van der Waals surface area contributed by atoms with Crippen molar-refractivity contribution in [3.63, 3.8) is 0 Å². The van der Waals surface area contributed by atoms with Crippen molar-refractivity contribution < 1.29 is 0 Å². The second-order valence-electron chi connectivity index (χ2n) is 4.39. The molecule has 0 N–H and O–H groups in total. The number of nitriles is 1. The molecule has 0 saturated heterocycles. The van der Waals surface area contributed by atoms with Crippen LogP contribution in [0.5, 0.6) is 0 Å². The van der Waals surface area contributed by atoms with Crippen LogP contribution in [-0.2, 0) is 6.42 Å². The number of benzene rings is 1. The van der Waals surface area contributed by atoms with E-state index >= 15 is 0 Å². The maximum Gasteiger partial charge on any atom is 0.101 e. The van der Waals surface area contributed by atoms with Gasteiger partial charge in [-0.25, -0.2) is 0 Å². The summed E-state index contributed by atoms with van der Waals surface area (Å²) in [5.41, 5.74) is 2.58. The first-order valence-electron chi connectivity index (χ1n) is 5.49. The number of para-hydroxylation sites is 1. The van der Waals surface area contributed by atoms with Gasteiger partial charge in [-0.1, -0.05) is 32.0 Å². The third-order valence-electron chi connectivity index (χ3n) is 2.52. The number of rotatable bonds is 2. The Kier molecular flexibility index (Phi) is 2.87. The van der Waals surface area contributed by atoms with E-state index in [0.29, 0.717) is 11.5 Å². The van der Waals surface area contributed by atoms with Gasteiger partial charge in [0.05, 0.1) is 16.8 Å². The summed E-state index contributed by atoms with van der Waals surface area (Å²) in [6.45, 7) is 4.27. The van der Waals surface area contributed by atoms with Gasteiger partial charge in [0.2, 0.25) is 0 Å². The van der Waals surface area contributed by atoms with Gasteiger partial charge in [-0.2, -0.15) is 5.26 Å². The Morgan fingerprint density at radius 3 is 2.75 bits per heavy atom. The van der Waals surface area contributed by atoms with E-state index in [-0.39, 0.29) is 0 Å². The molecule has 1 aromatic carbocycles. The first-order valence-corrected chi connectivity index (χ1v) is 5.49. The molecular weight excluding hydrogens is 196 g/mol. The molecule has 1 heterocycles. The fraction of sp³-hybridized carbons (Fsp3) is 0.286. The molecule has 0 bridgehead atoms. The highest BCUT2D eigenvalue weighted by atomic mass is 14.7. The molecule has 2 aromatic rings. The fourth-order valence-corrected chi connectivity index (χ4v) is 1.79. The van der Waals surface area contributed by atoms with Gasteiger partial charge < -0.3 is 0 Å². The van der Waals surface area contributed by atoms with Crippen LogP contribution < -0.4 is 0 Å². The molecule has 0 radical (unpaired) electrons. The lowest BCUT2D eigenvalue weighted by molar-refractivity contribution is 0.636. The van der Waals surface area contributed by atoms with Gasteiger partial charge in [-0.3, -0.25) is 4.98 Å². The summed E-state index contributed by atoms with van der Waals surface area (Å²) in [7, 11) is 0. The average molecular weight is 210 g/mol. The van der Waals surface area contributed by atoms with Crippen LogP contribution in [0.15, 0.2) is 30.3 Å². The molecule has 2 heteroatoms. The van der Waals surface area contributed by atoms with E-state index in [2.05, 4.69) is 24.9 Å². The van der Waals surface area contributed by atoms with Crippen LogP contribution in [-0.4, -0.2) is 4.98 Å². The van der Waals surface area contributed by atoms with Crippen molar-refractivity contribution in [2.75, 3.05) is 0 Å². The van der Waals surface area contributed by atoms with Crippen LogP contribution in [0.3, 0.4) is 0 Å². The second kappa shape index (κ2) is 4.32. The van der Waals surface area contributed by atoms with Gasteiger partial charge in [-0.15, -0.1) is 0 Å². The van der Waals surface area contributed by atoms with E-state index in [9.17, 15) is 0 Å². The quantitative estimate of drug-likeness (QED) is 0.762. The highest BCUT2D eigenvalue weighted by molar-refractivity contribution is 5.80. The molecular formula is C14H14N2. The molecule has 0 spiro atoms. The van der Waals surface area contributed by atoms with E-state index in [1.54, 1.807) is 0 Å². The Balaban J connectivity index is 2.59. The van der Waals surface area contributed by atoms with E-state index in [1.165, 1.54) is 0 Å². The summed E-state index contributed by atoms with van der Waals surface area (Å²) >= 11 is 0. The SMILES string of the molecule is CC(C)Cc1nc2ccccc2cc1C#N. The van der Waals surface area contributed by atoms with Crippen LogP contribution in [0, 0.1) is 17.2 Å². The minimum absolute atomic E-state index is 0.515. The highest BCUT2D eigenvalue weighted by Gasteiger charge is 2.07. The Morgan fingerprint density at radius 2 is 2.06 bits per heavy atom. The highest BCUT2D eigenvalue weighted by Crippen LogP contribution is 2.18. The minimum Gasteiger partial charge on any atom is -0.251 e. The molecule has 16 heavy (non-hydrogen) atoms. The zero-order valence-corrected chi connectivity index (χ0v) is 9.57. The van der Waals surface area contributed by atoms with E-state index in [1.807, 2.05) is 30.3 Å². The molecule has 2 rings (SSSR count). The molecule has 0 aliphatic rings. The fourth-order valence-electron chi connectivity index (χ4n) is 1.79. The van der Waals surface area contributed by atoms with Gasteiger partial charge in [0.1, 0.15) is 6.07 Å². The van der Waals surface area contributed by atoms with Gasteiger partial charge in [0.25, 0.3) is 0 Å². The Hall–Kier alpha value is -1.88. The zero-order valence-electron chi connectivity index (χ0n) is 9.57. The molecule has 0 aliphatic carbocycles. The molecule has 2 nitrogen and oxygen atoms in total. The summed E-state index contributed by atoms with van der Waals surface area (Å²) in [5.74, 6) is 0.515. The normalized spacial score (nSPS) is 10.6. The largest absolute Gasteiger partial charge is 0.251 e. The molecule has 1 aromatic heterocycles. The monoisotopic (exact) mass is 210 g/mol. The van der Waals surface area contributed by atoms with Crippen LogP contribution in [0.4, 0.5) is 0 Å². The predicted octanol–water partition coefficient (Wildman–Crippen LogP) is 3.30. The lowest BCUT2D eigenvalue weighted by atomic mass is 10.0. The number of aromatic nitrogens is 1. The van der Waals surface area contributed by atoms with Crippen molar-refractivity contribution in [3.05, 3.63) is 41.6 Å². The maximum absolute atomic E-state index is 9.10. The summed E-state index contributed by atoms with van der Waals surface area (Å²) < 4.78 is 0. The summed E-state index contributed by atoms with van der Waals surface area (Å²) in [5, 5.41) is 10.1.